The second-order valence-electron chi connectivity index (χ2n) is 4.64. The molecule has 0 saturated heterocycles. The SMILES string of the molecule is O=[PH](O)O.O=[PH](O)O.O=[PH](O)O.O=[PH](O)O.O=[PH](O)O.O=[PH](O)O.O[C@H]1[C@H](O)[C@@H](O)[C@H](O)[C@@H](O)[C@H]1O. The van der Waals surface area contributed by atoms with E-state index in [0.29, 0.717) is 0 Å². The van der Waals surface area contributed by atoms with Crippen molar-refractivity contribution in [2.24, 2.45) is 0 Å². The standard InChI is InChI=1S/C6H12O6.6H3O3P/c7-1-2(8)4(10)6(12)5(11)3(1)9;6*1-4(2)3/h1-12H;6*4H,(H2,1,2,3)/t1-,2-,3-,4+,5-,6-;;;;;;. The summed E-state index contributed by atoms with van der Waals surface area (Å²) in [7, 11) is -18.8. The smallest absolute Gasteiger partial charge is 0.314 e. The first-order valence-electron chi connectivity index (χ1n) is 7.46. The average molecular weight is 672 g/mol. The number of aliphatic hydroxyl groups is 6. The van der Waals surface area contributed by atoms with E-state index in [9.17, 15) is 0 Å². The van der Waals surface area contributed by atoms with Crippen LogP contribution in [0.1, 0.15) is 0 Å². The van der Waals surface area contributed by atoms with Gasteiger partial charge in [0.05, 0.1) is 0 Å². The van der Waals surface area contributed by atoms with Crippen molar-refractivity contribution >= 4 is 49.5 Å². The normalized spacial score (nSPS) is 24.3. The van der Waals surface area contributed by atoms with Crippen LogP contribution in [0.4, 0.5) is 0 Å². The van der Waals surface area contributed by atoms with Gasteiger partial charge in [0.15, 0.2) is 0 Å². The Kier molecular flexibility index (Phi) is 43.9. The van der Waals surface area contributed by atoms with E-state index in [1.54, 1.807) is 0 Å². The van der Waals surface area contributed by atoms with Crippen molar-refractivity contribution in [3.8, 4) is 0 Å². The number of hydrogen-bond acceptors (Lipinski definition) is 12. The first-order chi connectivity index (χ1) is 15.9. The summed E-state index contributed by atoms with van der Waals surface area (Å²) >= 11 is 0. The molecular formula is C6H30O24P6. The molecular weight excluding hydrogens is 642 g/mol. The molecule has 0 aromatic rings. The number of aliphatic hydroxyl groups excluding tert-OH is 6. The van der Waals surface area contributed by atoms with E-state index in [1.807, 2.05) is 0 Å². The molecule has 30 heteroatoms. The summed E-state index contributed by atoms with van der Waals surface area (Å²) in [5, 5.41) is 53.8. The molecule has 0 radical (unpaired) electrons. The van der Waals surface area contributed by atoms with E-state index < -0.39 is 86.2 Å². The maximum atomic E-state index is 8.97. The van der Waals surface area contributed by atoms with Crippen molar-refractivity contribution < 1.29 is 117 Å². The number of rotatable bonds is 0. The third-order valence-electron chi connectivity index (χ3n) is 2.10. The second-order valence-corrected chi connectivity index (χ2v) is 8.03. The van der Waals surface area contributed by atoms with Gasteiger partial charge < -0.3 is 89.4 Å². The van der Waals surface area contributed by atoms with Crippen molar-refractivity contribution in [3.63, 3.8) is 0 Å². The Balaban J connectivity index is -0.0000000797. The lowest BCUT2D eigenvalue weighted by Crippen LogP contribution is -2.63. The van der Waals surface area contributed by atoms with Gasteiger partial charge in [-0.3, -0.25) is 27.4 Å². The lowest BCUT2D eigenvalue weighted by atomic mass is 9.85. The van der Waals surface area contributed by atoms with Crippen molar-refractivity contribution in [3.05, 3.63) is 0 Å². The Morgan fingerprint density at radius 2 is 0.278 bits per heavy atom. The van der Waals surface area contributed by atoms with Crippen LogP contribution in [-0.4, -0.2) is 126 Å². The molecule has 1 aliphatic rings. The molecule has 0 atom stereocenters. The fraction of sp³-hybridized carbons (Fsp3) is 1.00. The van der Waals surface area contributed by atoms with Gasteiger partial charge in [0.25, 0.3) is 0 Å². The van der Waals surface area contributed by atoms with Crippen molar-refractivity contribution in [2.75, 3.05) is 0 Å². The molecule has 1 rings (SSSR count). The largest absolute Gasteiger partial charge is 0.387 e. The van der Waals surface area contributed by atoms with Crippen LogP contribution in [0.5, 0.6) is 0 Å². The van der Waals surface area contributed by atoms with Crippen molar-refractivity contribution in [2.45, 2.75) is 36.6 Å². The van der Waals surface area contributed by atoms with Gasteiger partial charge in [-0.2, -0.15) is 0 Å². The topological polar surface area (TPSA) is 467 Å². The Hall–Kier alpha value is 0.660. The van der Waals surface area contributed by atoms with Crippen molar-refractivity contribution in [1.29, 1.82) is 0 Å². The molecule has 0 bridgehead atoms. The predicted octanol–water partition coefficient (Wildman–Crippen LogP) is -7.67. The van der Waals surface area contributed by atoms with Crippen LogP contribution in [-0.2, 0) is 27.4 Å². The first kappa shape index (κ1) is 49.6. The first-order valence-corrected chi connectivity index (χ1v) is 15.3. The molecule has 1 saturated carbocycles. The van der Waals surface area contributed by atoms with E-state index in [1.165, 1.54) is 0 Å². The van der Waals surface area contributed by atoms with Crippen LogP contribution >= 0.6 is 49.5 Å². The van der Waals surface area contributed by atoms with Gasteiger partial charge in [-0.05, 0) is 0 Å². The van der Waals surface area contributed by atoms with Gasteiger partial charge in [0.1, 0.15) is 36.6 Å². The van der Waals surface area contributed by atoms with E-state index in [-0.39, 0.29) is 0 Å². The average Bonchev–Trinajstić information content (AvgIpc) is 2.60. The van der Waals surface area contributed by atoms with Crippen molar-refractivity contribution in [1.82, 2.24) is 0 Å². The van der Waals surface area contributed by atoms with E-state index in [2.05, 4.69) is 0 Å². The third kappa shape index (κ3) is 64.6. The van der Waals surface area contributed by atoms with Gasteiger partial charge >= 0.3 is 49.5 Å². The van der Waals surface area contributed by atoms with Crippen LogP contribution in [0.2, 0.25) is 0 Å². The molecule has 0 spiro atoms. The summed E-state index contributed by atoms with van der Waals surface area (Å²) in [5.74, 6) is 0. The molecule has 0 aliphatic heterocycles. The highest BCUT2D eigenvalue weighted by atomic mass is 31.1. The third-order valence-corrected chi connectivity index (χ3v) is 2.10. The zero-order chi connectivity index (χ0) is 30.9. The highest BCUT2D eigenvalue weighted by Gasteiger charge is 2.47. The summed E-state index contributed by atoms with van der Waals surface area (Å²) in [6, 6.07) is 0. The second kappa shape index (κ2) is 31.9. The van der Waals surface area contributed by atoms with E-state index in [4.69, 9.17) is 117 Å². The van der Waals surface area contributed by atoms with Crippen LogP contribution in [0, 0.1) is 0 Å². The maximum absolute atomic E-state index is 8.97. The molecule has 228 valence electrons. The fourth-order valence-corrected chi connectivity index (χ4v) is 1.21. The fourth-order valence-electron chi connectivity index (χ4n) is 1.21. The van der Waals surface area contributed by atoms with Crippen LogP contribution in [0.25, 0.3) is 0 Å². The van der Waals surface area contributed by atoms with Gasteiger partial charge in [0, 0.05) is 0 Å². The molecule has 24 nitrogen and oxygen atoms in total. The highest BCUT2D eigenvalue weighted by Crippen LogP contribution is 2.20. The molecule has 1 fully saturated rings. The molecule has 0 unspecified atom stereocenters. The molecule has 0 heterocycles. The van der Waals surface area contributed by atoms with E-state index in [0.717, 1.165) is 0 Å². The van der Waals surface area contributed by atoms with Gasteiger partial charge in [-0.25, -0.2) is 0 Å². The maximum Gasteiger partial charge on any atom is 0.314 e. The quantitative estimate of drug-likeness (QED) is 0.106. The molecule has 36 heavy (non-hydrogen) atoms. The lowest BCUT2D eigenvalue weighted by molar-refractivity contribution is -0.223. The summed E-state index contributed by atoms with van der Waals surface area (Å²) in [6.45, 7) is 0. The summed E-state index contributed by atoms with van der Waals surface area (Å²) in [6.07, 6.45) is -9.84. The minimum absolute atomic E-state index is 1.64. The minimum Gasteiger partial charge on any atom is -0.387 e. The summed E-state index contributed by atoms with van der Waals surface area (Å²) in [4.78, 5) is 85.9. The van der Waals surface area contributed by atoms with Crippen LogP contribution in [0.3, 0.4) is 0 Å². The molecule has 18 N–H and O–H groups in total. The van der Waals surface area contributed by atoms with Crippen LogP contribution < -0.4 is 0 Å². The Bertz CT molecular complexity index is 467. The van der Waals surface area contributed by atoms with Gasteiger partial charge in [-0.1, -0.05) is 0 Å². The van der Waals surface area contributed by atoms with Gasteiger partial charge in [-0.15, -0.1) is 0 Å². The van der Waals surface area contributed by atoms with Gasteiger partial charge in [0.2, 0.25) is 0 Å². The Morgan fingerprint density at radius 3 is 0.306 bits per heavy atom. The Labute approximate surface area is 203 Å². The highest BCUT2D eigenvalue weighted by molar-refractivity contribution is 7.31. The van der Waals surface area contributed by atoms with Crippen LogP contribution in [0.15, 0.2) is 0 Å². The summed E-state index contributed by atoms with van der Waals surface area (Å²) < 4.78 is 52.4. The summed E-state index contributed by atoms with van der Waals surface area (Å²) in [5.41, 5.74) is 0. The molecule has 0 aromatic carbocycles. The van der Waals surface area contributed by atoms with E-state index >= 15 is 0 Å². The molecule has 1 aliphatic carbocycles. The Morgan fingerprint density at radius 1 is 0.250 bits per heavy atom. The molecule has 0 amide bonds. The zero-order valence-electron chi connectivity index (χ0n) is 17.0. The zero-order valence-corrected chi connectivity index (χ0v) is 23.0. The monoisotopic (exact) mass is 672 g/mol. The predicted molar refractivity (Wildman–Crippen MR) is 117 cm³/mol. The molecule has 0 aromatic heterocycles. The minimum atomic E-state index is -3.13. The lowest BCUT2D eigenvalue weighted by Gasteiger charge is -2.39. The number of hydrogen-bond donors (Lipinski definition) is 18.